The van der Waals surface area contributed by atoms with Gasteiger partial charge in [-0.25, -0.2) is 9.03 Å². The largest absolute Gasteiger partial charge is 0.292 e. The summed E-state index contributed by atoms with van der Waals surface area (Å²) in [6.07, 6.45) is 0. The first-order chi connectivity index (χ1) is 8.45. The third-order valence-corrected chi connectivity index (χ3v) is 3.26. The fourth-order valence-corrected chi connectivity index (χ4v) is 2.30. The summed E-state index contributed by atoms with van der Waals surface area (Å²) in [4.78, 5) is 2.27. The molecule has 2 bridgehead atoms. The third-order valence-electron chi connectivity index (χ3n) is 2.47. The minimum absolute atomic E-state index is 0.789. The molecule has 100 valence electrons. The monoisotopic (exact) mass is 262 g/mol. The molecule has 3 heterocycles. The molecule has 0 radical (unpaired) electrons. The maximum atomic E-state index is 3.36. The minimum Gasteiger partial charge on any atom is -0.292 e. The van der Waals surface area contributed by atoms with Crippen LogP contribution in [-0.4, -0.2) is 62.6 Å². The van der Waals surface area contributed by atoms with Crippen LogP contribution < -0.4 is 31.3 Å². The van der Waals surface area contributed by atoms with Crippen LogP contribution in [-0.2, 0) is 0 Å². The molecule has 0 aromatic heterocycles. The average Bonchev–Trinajstić information content (AvgIpc) is 2.29. The molecule has 0 aromatic carbocycles. The normalized spacial score (nSPS) is 33.9. The fourth-order valence-electron chi connectivity index (χ4n) is 1.64. The van der Waals surface area contributed by atoms with E-state index in [1.54, 1.807) is 12.1 Å². The van der Waals surface area contributed by atoms with Crippen LogP contribution in [0.25, 0.3) is 0 Å². The Hall–Kier alpha value is 0.0300. The van der Waals surface area contributed by atoms with Crippen LogP contribution in [0, 0.1) is 0 Å². The van der Waals surface area contributed by atoms with E-state index in [-0.39, 0.29) is 0 Å². The second-order valence-corrected chi connectivity index (χ2v) is 4.95. The van der Waals surface area contributed by atoms with Gasteiger partial charge in [0.1, 0.15) is 0 Å². The summed E-state index contributed by atoms with van der Waals surface area (Å²) in [5.41, 5.74) is 0. The zero-order valence-electron chi connectivity index (χ0n) is 9.96. The first-order valence-electron chi connectivity index (χ1n) is 5.86. The Kier molecular flexibility index (Phi) is 6.48. The number of rotatable bonds is 0. The molecular formula is C8H22N8S. The Balaban J connectivity index is 1.90. The molecule has 3 fully saturated rings. The van der Waals surface area contributed by atoms with Gasteiger partial charge in [0.05, 0.1) is 40.0 Å². The second-order valence-electron chi connectivity index (χ2n) is 3.96. The Morgan fingerprint density at radius 3 is 1.82 bits per heavy atom. The summed E-state index contributed by atoms with van der Waals surface area (Å²) < 4.78 is 5.49. The fraction of sp³-hybridized carbons (Fsp3) is 1.00. The maximum absolute atomic E-state index is 3.36. The highest BCUT2D eigenvalue weighted by molar-refractivity contribution is 7.95. The molecule has 0 spiro atoms. The van der Waals surface area contributed by atoms with E-state index >= 15 is 0 Å². The van der Waals surface area contributed by atoms with Crippen molar-refractivity contribution in [2.45, 2.75) is 0 Å². The van der Waals surface area contributed by atoms with Gasteiger partial charge in [0.25, 0.3) is 0 Å². The molecule has 8 nitrogen and oxygen atoms in total. The van der Waals surface area contributed by atoms with Crippen molar-refractivity contribution >= 4 is 12.1 Å². The van der Waals surface area contributed by atoms with Gasteiger partial charge < -0.3 is 0 Å². The highest BCUT2D eigenvalue weighted by Gasteiger charge is 2.09. The molecular weight excluding hydrogens is 240 g/mol. The van der Waals surface area contributed by atoms with Crippen molar-refractivity contribution < 1.29 is 0 Å². The molecule has 3 rings (SSSR count). The Morgan fingerprint density at radius 2 is 1.18 bits per heavy atom. The maximum Gasteiger partial charge on any atom is 0.0617 e. The molecule has 0 amide bonds. The van der Waals surface area contributed by atoms with Crippen molar-refractivity contribution in [1.82, 2.24) is 40.5 Å². The molecule has 0 aromatic rings. The Bertz CT molecular complexity index is 155. The van der Waals surface area contributed by atoms with E-state index in [0.29, 0.717) is 0 Å². The van der Waals surface area contributed by atoms with Crippen LogP contribution in [0.2, 0.25) is 0 Å². The van der Waals surface area contributed by atoms with E-state index in [0.717, 1.165) is 53.3 Å². The number of nitrogens with one attached hydrogen (secondary N) is 6. The first kappa shape index (κ1) is 13.5. The summed E-state index contributed by atoms with van der Waals surface area (Å²) in [5, 5.41) is 16.8. The lowest BCUT2D eigenvalue weighted by molar-refractivity contribution is 0.203. The predicted molar refractivity (Wildman–Crippen MR) is 69.0 cm³/mol. The summed E-state index contributed by atoms with van der Waals surface area (Å²) in [7, 11) is 0. The Labute approximate surface area is 106 Å². The smallest absolute Gasteiger partial charge is 0.0617 e. The number of fused-ring (bicyclic) bond motifs is 12. The van der Waals surface area contributed by atoms with Crippen molar-refractivity contribution in [3.63, 3.8) is 0 Å². The van der Waals surface area contributed by atoms with Crippen LogP contribution >= 0.6 is 12.1 Å². The minimum atomic E-state index is 0.789. The topological polar surface area (TPSA) is 78.7 Å². The number of nitrogens with zero attached hydrogens (tertiary/aromatic N) is 2. The predicted octanol–water partition coefficient (Wildman–Crippen LogP) is -2.62. The van der Waals surface area contributed by atoms with Crippen molar-refractivity contribution in [2.24, 2.45) is 0 Å². The SMILES string of the molecule is C1NCN2CNCNCN(CN1)SNCNC2. The highest BCUT2D eigenvalue weighted by Crippen LogP contribution is 2.00. The van der Waals surface area contributed by atoms with Crippen molar-refractivity contribution in [3.05, 3.63) is 0 Å². The molecule has 6 N–H and O–H groups in total. The van der Waals surface area contributed by atoms with Crippen LogP contribution in [0.4, 0.5) is 0 Å². The molecule has 9 heteroatoms. The van der Waals surface area contributed by atoms with E-state index in [4.69, 9.17) is 0 Å². The lowest BCUT2D eigenvalue weighted by Gasteiger charge is -2.29. The molecule has 3 aliphatic heterocycles. The Morgan fingerprint density at radius 1 is 0.647 bits per heavy atom. The van der Waals surface area contributed by atoms with Crippen LogP contribution in [0.3, 0.4) is 0 Å². The van der Waals surface area contributed by atoms with Gasteiger partial charge in [-0.15, -0.1) is 0 Å². The summed E-state index contributed by atoms with van der Waals surface area (Å²) in [6.45, 7) is 6.65. The van der Waals surface area contributed by atoms with Crippen LogP contribution in [0.1, 0.15) is 0 Å². The van der Waals surface area contributed by atoms with Gasteiger partial charge >= 0.3 is 0 Å². The zero-order valence-corrected chi connectivity index (χ0v) is 10.8. The number of hydrogen-bond acceptors (Lipinski definition) is 9. The molecule has 0 saturated carbocycles. The van der Waals surface area contributed by atoms with E-state index in [9.17, 15) is 0 Å². The molecule has 0 aliphatic carbocycles. The van der Waals surface area contributed by atoms with Crippen molar-refractivity contribution in [2.75, 3.05) is 53.3 Å². The lowest BCUT2D eigenvalue weighted by atomic mass is 10.7. The standard InChI is InChI=1S/C8H22N8S/c1-9-4-15-5-10-2-12-8-16(7-11-1)17-14-3-13-6-15/h9-14H,1-8H2. The lowest BCUT2D eigenvalue weighted by Crippen LogP contribution is -2.53. The van der Waals surface area contributed by atoms with Gasteiger partial charge in [0.2, 0.25) is 0 Å². The molecule has 0 atom stereocenters. The van der Waals surface area contributed by atoms with E-state index < -0.39 is 0 Å². The summed E-state index contributed by atoms with van der Waals surface area (Å²) >= 11 is 1.62. The highest BCUT2D eigenvalue weighted by atomic mass is 32.2. The summed E-state index contributed by atoms with van der Waals surface area (Å²) in [6, 6.07) is 0. The van der Waals surface area contributed by atoms with Crippen molar-refractivity contribution in [3.8, 4) is 0 Å². The second kappa shape index (κ2) is 8.19. The van der Waals surface area contributed by atoms with Gasteiger partial charge in [0, 0.05) is 25.5 Å². The zero-order chi connectivity index (χ0) is 11.8. The number of hydrogen-bond donors (Lipinski definition) is 6. The third kappa shape index (κ3) is 5.46. The first-order valence-corrected chi connectivity index (χ1v) is 6.63. The summed E-state index contributed by atoms with van der Waals surface area (Å²) in [5.74, 6) is 0. The van der Waals surface area contributed by atoms with E-state index in [1.807, 2.05) is 0 Å². The van der Waals surface area contributed by atoms with Gasteiger partial charge in [-0.05, 0) is 0 Å². The van der Waals surface area contributed by atoms with Crippen molar-refractivity contribution in [1.29, 1.82) is 0 Å². The average molecular weight is 262 g/mol. The van der Waals surface area contributed by atoms with E-state index in [2.05, 4.69) is 40.5 Å². The van der Waals surface area contributed by atoms with Crippen LogP contribution in [0.15, 0.2) is 0 Å². The van der Waals surface area contributed by atoms with Gasteiger partial charge in [-0.2, -0.15) is 0 Å². The van der Waals surface area contributed by atoms with Gasteiger partial charge in [0.15, 0.2) is 0 Å². The molecule has 3 saturated heterocycles. The van der Waals surface area contributed by atoms with Gasteiger partial charge in [-0.1, -0.05) is 0 Å². The van der Waals surface area contributed by atoms with E-state index in [1.165, 1.54) is 0 Å². The van der Waals surface area contributed by atoms with Gasteiger partial charge in [-0.3, -0.25) is 31.5 Å². The molecule has 17 heavy (non-hydrogen) atoms. The van der Waals surface area contributed by atoms with Crippen LogP contribution in [0.5, 0.6) is 0 Å². The molecule has 0 unspecified atom stereocenters. The quantitative estimate of drug-likeness (QED) is 0.263. The molecule has 3 aliphatic rings.